The molecule has 7 nitrogen and oxygen atoms in total. The summed E-state index contributed by atoms with van der Waals surface area (Å²) in [6.45, 7) is 11.2. The molecule has 3 rings (SSSR count). The lowest BCUT2D eigenvalue weighted by atomic mass is 9.99. The largest absolute Gasteiger partial charge is 0.444 e. The lowest BCUT2D eigenvalue weighted by Crippen LogP contribution is -2.45. The van der Waals surface area contributed by atoms with Gasteiger partial charge in [-0.15, -0.1) is 0 Å². The van der Waals surface area contributed by atoms with Gasteiger partial charge in [0.05, 0.1) is 0 Å². The number of carbonyl (C=O) groups excluding carboxylic acids is 2. The van der Waals surface area contributed by atoms with E-state index < -0.39 is 29.3 Å². The summed E-state index contributed by atoms with van der Waals surface area (Å²) in [5.41, 5.74) is 1.65. The van der Waals surface area contributed by atoms with Crippen molar-refractivity contribution in [3.8, 4) is 5.75 Å². The van der Waals surface area contributed by atoms with E-state index in [4.69, 9.17) is 13.9 Å². The topological polar surface area (TPSA) is 94.8 Å². The summed E-state index contributed by atoms with van der Waals surface area (Å²) in [5.74, 6) is -0.0456. The van der Waals surface area contributed by atoms with Crippen LogP contribution in [0.5, 0.6) is 5.75 Å². The van der Waals surface area contributed by atoms with Crippen molar-refractivity contribution in [2.24, 2.45) is 5.92 Å². The van der Waals surface area contributed by atoms with Crippen LogP contribution in [-0.2, 0) is 16.0 Å². The van der Waals surface area contributed by atoms with Gasteiger partial charge in [-0.1, -0.05) is 44.2 Å². The fourth-order valence-electron chi connectivity index (χ4n) is 3.83. The van der Waals surface area contributed by atoms with Gasteiger partial charge in [0, 0.05) is 23.4 Å². The SMILES string of the molecule is Cc1c(Cc2ccccc2)c(=O)oc2cc(OC(=O)[C@@H](CCC(C)C)NC(=O)OC(C)(C)C)ccc12. The average molecular weight is 494 g/mol. The van der Waals surface area contributed by atoms with Crippen LogP contribution in [0.3, 0.4) is 0 Å². The third-order valence-corrected chi connectivity index (χ3v) is 5.71. The van der Waals surface area contributed by atoms with E-state index in [1.165, 1.54) is 6.07 Å². The molecule has 0 aliphatic heterocycles. The summed E-state index contributed by atoms with van der Waals surface area (Å²) in [4.78, 5) is 38.0. The van der Waals surface area contributed by atoms with Crippen molar-refractivity contribution in [2.45, 2.75) is 72.4 Å². The zero-order valence-corrected chi connectivity index (χ0v) is 21.8. The molecule has 0 aliphatic rings. The third kappa shape index (κ3) is 7.44. The number of esters is 1. The predicted octanol–water partition coefficient (Wildman–Crippen LogP) is 5.93. The lowest BCUT2D eigenvalue weighted by molar-refractivity contribution is -0.137. The minimum Gasteiger partial charge on any atom is -0.444 e. The molecular weight excluding hydrogens is 458 g/mol. The van der Waals surface area contributed by atoms with Crippen molar-refractivity contribution in [3.05, 3.63) is 75.6 Å². The Balaban J connectivity index is 1.81. The predicted molar refractivity (Wildman–Crippen MR) is 139 cm³/mol. The molecule has 2 aromatic carbocycles. The van der Waals surface area contributed by atoms with Crippen LogP contribution >= 0.6 is 0 Å². The highest BCUT2D eigenvalue weighted by atomic mass is 16.6. The van der Waals surface area contributed by atoms with Crippen molar-refractivity contribution in [1.29, 1.82) is 0 Å². The van der Waals surface area contributed by atoms with Crippen LogP contribution in [0, 0.1) is 12.8 Å². The Kier molecular flexibility index (Phi) is 8.56. The number of hydrogen-bond donors (Lipinski definition) is 1. The number of aryl methyl sites for hydroxylation is 1. The summed E-state index contributed by atoms with van der Waals surface area (Å²) < 4.78 is 16.5. The Morgan fingerprint density at radius 2 is 1.72 bits per heavy atom. The van der Waals surface area contributed by atoms with Gasteiger partial charge in [-0.2, -0.15) is 0 Å². The summed E-state index contributed by atoms with van der Waals surface area (Å²) in [6, 6.07) is 13.8. The van der Waals surface area contributed by atoms with Gasteiger partial charge in [0.15, 0.2) is 0 Å². The summed E-state index contributed by atoms with van der Waals surface area (Å²) in [5, 5.41) is 3.39. The van der Waals surface area contributed by atoms with E-state index in [-0.39, 0.29) is 5.75 Å². The number of ether oxygens (including phenoxy) is 2. The first kappa shape index (κ1) is 27.0. The highest BCUT2D eigenvalue weighted by molar-refractivity contribution is 5.86. The molecule has 3 aromatic rings. The molecule has 36 heavy (non-hydrogen) atoms. The number of fused-ring (bicyclic) bond motifs is 1. The Morgan fingerprint density at radius 1 is 1.03 bits per heavy atom. The Bertz CT molecular complexity index is 1270. The van der Waals surface area contributed by atoms with Crippen LogP contribution in [0.15, 0.2) is 57.7 Å². The number of benzene rings is 2. The van der Waals surface area contributed by atoms with Crippen molar-refractivity contribution >= 4 is 23.0 Å². The molecule has 0 spiro atoms. The summed E-state index contributed by atoms with van der Waals surface area (Å²) in [6.07, 6.45) is 0.904. The second-order valence-corrected chi connectivity index (χ2v) is 10.4. The van der Waals surface area contributed by atoms with E-state index in [1.807, 2.05) is 51.1 Å². The molecule has 7 heteroatoms. The van der Waals surface area contributed by atoms with E-state index >= 15 is 0 Å². The van der Waals surface area contributed by atoms with Crippen molar-refractivity contribution in [3.63, 3.8) is 0 Å². The number of alkyl carbamates (subject to hydrolysis) is 1. The average Bonchev–Trinajstić information content (AvgIpc) is 2.78. The molecular formula is C29H35NO6. The number of amides is 1. The maximum atomic E-state index is 13.0. The van der Waals surface area contributed by atoms with E-state index in [1.54, 1.807) is 32.9 Å². The van der Waals surface area contributed by atoms with E-state index in [9.17, 15) is 14.4 Å². The molecule has 1 amide bonds. The Morgan fingerprint density at radius 3 is 2.36 bits per heavy atom. The van der Waals surface area contributed by atoms with Gasteiger partial charge in [0.1, 0.15) is 23.0 Å². The lowest BCUT2D eigenvalue weighted by Gasteiger charge is -2.23. The van der Waals surface area contributed by atoms with E-state index in [2.05, 4.69) is 5.32 Å². The molecule has 1 atom stereocenters. The smallest absolute Gasteiger partial charge is 0.408 e. The fourth-order valence-corrected chi connectivity index (χ4v) is 3.83. The number of nitrogens with one attached hydrogen (secondary N) is 1. The van der Waals surface area contributed by atoms with Gasteiger partial charge < -0.3 is 19.2 Å². The normalized spacial score (nSPS) is 12.4. The van der Waals surface area contributed by atoms with Crippen LogP contribution < -0.4 is 15.7 Å². The first-order valence-corrected chi connectivity index (χ1v) is 12.2. The summed E-state index contributed by atoms with van der Waals surface area (Å²) in [7, 11) is 0. The molecule has 1 aromatic heterocycles. The van der Waals surface area contributed by atoms with Crippen molar-refractivity contribution in [1.82, 2.24) is 5.32 Å². The maximum absolute atomic E-state index is 13.0. The Hall–Kier alpha value is -3.61. The molecule has 0 saturated carbocycles. The van der Waals surface area contributed by atoms with Crippen molar-refractivity contribution < 1.29 is 23.5 Å². The van der Waals surface area contributed by atoms with E-state index in [0.717, 1.165) is 16.5 Å². The molecule has 0 aliphatic carbocycles. The molecule has 0 unspecified atom stereocenters. The molecule has 1 N–H and O–H groups in total. The zero-order chi connectivity index (χ0) is 26.5. The van der Waals surface area contributed by atoms with Gasteiger partial charge >= 0.3 is 17.7 Å². The first-order valence-electron chi connectivity index (χ1n) is 12.2. The van der Waals surface area contributed by atoms with Crippen LogP contribution in [0.2, 0.25) is 0 Å². The van der Waals surface area contributed by atoms with Crippen LogP contribution in [-0.4, -0.2) is 23.7 Å². The minimum absolute atomic E-state index is 0.228. The quantitative estimate of drug-likeness (QED) is 0.238. The van der Waals surface area contributed by atoms with Gasteiger partial charge in [0.2, 0.25) is 0 Å². The molecule has 0 saturated heterocycles. The Labute approximate surface area is 211 Å². The molecule has 1 heterocycles. The second kappa shape index (κ2) is 11.4. The van der Waals surface area contributed by atoms with Crippen LogP contribution in [0.25, 0.3) is 11.0 Å². The third-order valence-electron chi connectivity index (χ3n) is 5.71. The minimum atomic E-state index is -0.875. The van der Waals surface area contributed by atoms with Gasteiger partial charge in [0.25, 0.3) is 0 Å². The molecule has 0 bridgehead atoms. The number of carbonyl (C=O) groups is 2. The molecule has 192 valence electrons. The summed E-state index contributed by atoms with van der Waals surface area (Å²) >= 11 is 0. The van der Waals surface area contributed by atoms with E-state index in [0.29, 0.717) is 36.3 Å². The molecule has 0 radical (unpaired) electrons. The highest BCUT2D eigenvalue weighted by Gasteiger charge is 2.26. The maximum Gasteiger partial charge on any atom is 0.408 e. The number of rotatable bonds is 8. The second-order valence-electron chi connectivity index (χ2n) is 10.4. The molecule has 0 fully saturated rings. The van der Waals surface area contributed by atoms with Crippen LogP contribution in [0.1, 0.15) is 64.2 Å². The van der Waals surface area contributed by atoms with Gasteiger partial charge in [-0.25, -0.2) is 14.4 Å². The van der Waals surface area contributed by atoms with Gasteiger partial charge in [-0.3, -0.25) is 0 Å². The first-order chi connectivity index (χ1) is 16.9. The number of hydrogen-bond acceptors (Lipinski definition) is 6. The van der Waals surface area contributed by atoms with Gasteiger partial charge in [-0.05, 0) is 69.7 Å². The van der Waals surface area contributed by atoms with Crippen LogP contribution in [0.4, 0.5) is 4.79 Å². The fraction of sp³-hybridized carbons (Fsp3) is 0.414. The van der Waals surface area contributed by atoms with Crippen molar-refractivity contribution in [2.75, 3.05) is 0 Å². The highest BCUT2D eigenvalue weighted by Crippen LogP contribution is 2.26. The zero-order valence-electron chi connectivity index (χ0n) is 21.8. The standard InChI is InChI=1S/C29H35NO6/c1-18(2)12-15-24(30-28(33)36-29(4,5)6)27(32)34-21-13-14-22-19(3)23(26(31)35-25(22)17-21)16-20-10-8-7-9-11-20/h7-11,13-14,17-18,24H,12,15-16H2,1-6H3,(H,30,33)/t24-/m1/s1. The monoisotopic (exact) mass is 493 g/mol.